The smallest absolute Gasteiger partial charge is 0.419 e. The Bertz CT molecular complexity index is 608. The summed E-state index contributed by atoms with van der Waals surface area (Å²) in [6.07, 6.45) is -6.57. The van der Waals surface area contributed by atoms with Crippen molar-refractivity contribution in [2.75, 3.05) is 6.61 Å². The van der Waals surface area contributed by atoms with Crippen molar-refractivity contribution >= 4 is 0 Å². The fraction of sp³-hybridized carbons (Fsp3) is 0.308. The van der Waals surface area contributed by atoms with Crippen LogP contribution in [0, 0.1) is 0 Å². The largest absolute Gasteiger partial charge is 0.493 e. The first-order chi connectivity index (χ1) is 9.86. The Balaban J connectivity index is 2.73. The van der Waals surface area contributed by atoms with Gasteiger partial charge in [-0.3, -0.25) is 5.10 Å². The first-order valence-corrected chi connectivity index (χ1v) is 6.01. The molecule has 0 bridgehead atoms. The first kappa shape index (κ1) is 15.3. The Kier molecular flexibility index (Phi) is 4.15. The number of rotatable bonds is 4. The first-order valence-electron chi connectivity index (χ1n) is 6.01. The molecule has 8 heteroatoms. The molecular weight excluding hydrogens is 295 g/mol. The van der Waals surface area contributed by atoms with Gasteiger partial charge in [0.1, 0.15) is 5.75 Å². The molecule has 0 aliphatic carbocycles. The predicted octanol–water partition coefficient (Wildman–Crippen LogP) is 4.43. The van der Waals surface area contributed by atoms with Crippen molar-refractivity contribution < 1.29 is 26.7 Å². The monoisotopic (exact) mass is 306 g/mol. The minimum atomic E-state index is -4.78. The van der Waals surface area contributed by atoms with Crippen LogP contribution in [0.25, 0.3) is 11.3 Å². The lowest BCUT2D eigenvalue weighted by Gasteiger charge is -2.19. The van der Waals surface area contributed by atoms with Crippen LogP contribution in [0.4, 0.5) is 22.0 Å². The van der Waals surface area contributed by atoms with Crippen LogP contribution in [-0.2, 0) is 6.18 Å². The van der Waals surface area contributed by atoms with Crippen LogP contribution in [-0.4, -0.2) is 16.8 Å². The standard InChI is InChI=1S/C13H11F5N2O/c1-2-21-11-8(13(16,17)18)4-3-7(10(11)12(14)15)9-5-6-19-20-9/h3-6,12H,2H2,1H3,(H,19,20). The van der Waals surface area contributed by atoms with Gasteiger partial charge in [-0.15, -0.1) is 0 Å². The molecule has 0 amide bonds. The molecule has 1 N–H and O–H groups in total. The Labute approximate surface area is 116 Å². The molecule has 0 spiro atoms. The average Bonchev–Trinajstić information content (AvgIpc) is 2.90. The molecule has 0 saturated heterocycles. The summed E-state index contributed by atoms with van der Waals surface area (Å²) in [7, 11) is 0. The summed E-state index contributed by atoms with van der Waals surface area (Å²) in [4.78, 5) is 0. The highest BCUT2D eigenvalue weighted by molar-refractivity contribution is 5.69. The van der Waals surface area contributed by atoms with Gasteiger partial charge < -0.3 is 4.74 Å². The van der Waals surface area contributed by atoms with Crippen molar-refractivity contribution in [3.63, 3.8) is 0 Å². The highest BCUT2D eigenvalue weighted by atomic mass is 19.4. The summed E-state index contributed by atoms with van der Waals surface area (Å²) in [5, 5.41) is 6.07. The second-order valence-electron chi connectivity index (χ2n) is 4.11. The lowest BCUT2D eigenvalue weighted by molar-refractivity contribution is -0.139. The molecular formula is C13H11F5N2O. The number of alkyl halides is 5. The summed E-state index contributed by atoms with van der Waals surface area (Å²) in [6.45, 7) is 1.27. The number of benzene rings is 1. The van der Waals surface area contributed by atoms with Crippen LogP contribution in [0.15, 0.2) is 24.4 Å². The fourth-order valence-corrected chi connectivity index (χ4v) is 1.98. The van der Waals surface area contributed by atoms with E-state index in [-0.39, 0.29) is 17.9 Å². The van der Waals surface area contributed by atoms with E-state index in [1.165, 1.54) is 19.2 Å². The summed E-state index contributed by atoms with van der Waals surface area (Å²) < 4.78 is 70.3. The number of aromatic amines is 1. The number of ether oxygens (including phenoxy) is 1. The van der Waals surface area contributed by atoms with Crippen LogP contribution in [0.3, 0.4) is 0 Å². The lowest BCUT2D eigenvalue weighted by atomic mass is 9.99. The molecule has 0 unspecified atom stereocenters. The molecule has 0 saturated carbocycles. The van der Waals surface area contributed by atoms with E-state index in [4.69, 9.17) is 4.74 Å². The third-order valence-corrected chi connectivity index (χ3v) is 2.80. The number of halogens is 5. The molecule has 0 atom stereocenters. The molecule has 114 valence electrons. The number of aromatic nitrogens is 2. The van der Waals surface area contributed by atoms with E-state index >= 15 is 0 Å². The molecule has 0 fully saturated rings. The second-order valence-corrected chi connectivity index (χ2v) is 4.11. The minimum absolute atomic E-state index is 0.0704. The second kappa shape index (κ2) is 5.71. The highest BCUT2D eigenvalue weighted by Crippen LogP contribution is 2.45. The summed E-state index contributed by atoms with van der Waals surface area (Å²) >= 11 is 0. The Morgan fingerprint density at radius 1 is 1.24 bits per heavy atom. The molecule has 1 aromatic heterocycles. The third-order valence-electron chi connectivity index (χ3n) is 2.80. The lowest BCUT2D eigenvalue weighted by Crippen LogP contribution is -2.11. The zero-order valence-electron chi connectivity index (χ0n) is 10.8. The molecule has 21 heavy (non-hydrogen) atoms. The molecule has 2 rings (SSSR count). The van der Waals surface area contributed by atoms with E-state index in [0.717, 1.165) is 12.1 Å². The van der Waals surface area contributed by atoms with Gasteiger partial charge in [-0.05, 0) is 19.1 Å². The maximum absolute atomic E-state index is 13.3. The Morgan fingerprint density at radius 3 is 2.43 bits per heavy atom. The number of nitrogens with one attached hydrogen (secondary N) is 1. The van der Waals surface area contributed by atoms with E-state index in [0.29, 0.717) is 0 Å². The molecule has 0 aliphatic heterocycles. The predicted molar refractivity (Wildman–Crippen MR) is 65.2 cm³/mol. The SMILES string of the molecule is CCOc1c(C(F)(F)F)ccc(-c2ccn[nH]2)c1C(F)F. The quantitative estimate of drug-likeness (QED) is 0.848. The Morgan fingerprint density at radius 2 is 1.95 bits per heavy atom. The number of hydrogen-bond acceptors (Lipinski definition) is 2. The van der Waals surface area contributed by atoms with Gasteiger partial charge in [0.05, 0.1) is 23.4 Å². The van der Waals surface area contributed by atoms with Gasteiger partial charge >= 0.3 is 6.18 Å². The zero-order valence-corrected chi connectivity index (χ0v) is 10.8. The van der Waals surface area contributed by atoms with E-state index in [9.17, 15) is 22.0 Å². The van der Waals surface area contributed by atoms with Crippen molar-refractivity contribution in [3.05, 3.63) is 35.5 Å². The summed E-state index contributed by atoms with van der Waals surface area (Å²) in [5.74, 6) is -0.841. The molecule has 2 aromatic rings. The van der Waals surface area contributed by atoms with Gasteiger partial charge in [-0.2, -0.15) is 18.3 Å². The average molecular weight is 306 g/mol. The van der Waals surface area contributed by atoms with E-state index in [2.05, 4.69) is 10.2 Å². The maximum Gasteiger partial charge on any atom is 0.419 e. The van der Waals surface area contributed by atoms with Gasteiger partial charge in [0.2, 0.25) is 0 Å². The topological polar surface area (TPSA) is 37.9 Å². The molecule has 0 radical (unpaired) electrons. The van der Waals surface area contributed by atoms with E-state index < -0.39 is 29.5 Å². The van der Waals surface area contributed by atoms with Gasteiger partial charge in [-0.25, -0.2) is 8.78 Å². The number of H-pyrrole nitrogens is 1. The highest BCUT2D eigenvalue weighted by Gasteiger charge is 2.38. The van der Waals surface area contributed by atoms with E-state index in [1.54, 1.807) is 0 Å². The molecule has 1 heterocycles. The van der Waals surface area contributed by atoms with Crippen molar-refractivity contribution in [3.8, 4) is 17.0 Å². The number of nitrogens with zero attached hydrogens (tertiary/aromatic N) is 1. The summed E-state index contributed by atoms with van der Waals surface area (Å²) in [6, 6.07) is 3.11. The molecule has 3 nitrogen and oxygen atoms in total. The van der Waals surface area contributed by atoms with Crippen molar-refractivity contribution in [1.29, 1.82) is 0 Å². The molecule has 0 aliphatic rings. The summed E-state index contributed by atoms with van der Waals surface area (Å²) in [5.41, 5.74) is -1.89. The van der Waals surface area contributed by atoms with Crippen molar-refractivity contribution in [2.45, 2.75) is 19.5 Å². The zero-order chi connectivity index (χ0) is 15.6. The van der Waals surface area contributed by atoms with Crippen LogP contribution < -0.4 is 4.74 Å². The van der Waals surface area contributed by atoms with Gasteiger partial charge in [0.25, 0.3) is 6.43 Å². The molecule has 1 aromatic carbocycles. The number of hydrogen-bond donors (Lipinski definition) is 1. The van der Waals surface area contributed by atoms with Crippen molar-refractivity contribution in [1.82, 2.24) is 10.2 Å². The normalized spacial score (nSPS) is 12.0. The fourth-order valence-electron chi connectivity index (χ4n) is 1.98. The third kappa shape index (κ3) is 2.98. The minimum Gasteiger partial charge on any atom is -0.493 e. The van der Waals surface area contributed by atoms with Crippen LogP contribution in [0.5, 0.6) is 5.75 Å². The van der Waals surface area contributed by atoms with Crippen LogP contribution >= 0.6 is 0 Å². The maximum atomic E-state index is 13.3. The van der Waals surface area contributed by atoms with Gasteiger partial charge in [0, 0.05) is 11.8 Å². The van der Waals surface area contributed by atoms with Crippen molar-refractivity contribution in [2.24, 2.45) is 0 Å². The van der Waals surface area contributed by atoms with Crippen LogP contribution in [0.2, 0.25) is 0 Å². The van der Waals surface area contributed by atoms with Gasteiger partial charge in [-0.1, -0.05) is 6.07 Å². The van der Waals surface area contributed by atoms with Gasteiger partial charge in [0.15, 0.2) is 0 Å². The van der Waals surface area contributed by atoms with E-state index in [1.807, 2.05) is 0 Å². The van der Waals surface area contributed by atoms with Crippen LogP contribution in [0.1, 0.15) is 24.5 Å². The Hall–Kier alpha value is -2.12.